The summed E-state index contributed by atoms with van der Waals surface area (Å²) in [4.78, 5) is 7.16. The number of hydrogen-bond donors (Lipinski definition) is 2. The lowest BCUT2D eigenvalue weighted by Crippen LogP contribution is -2.49. The van der Waals surface area contributed by atoms with E-state index in [1.165, 1.54) is 0 Å². The lowest BCUT2D eigenvalue weighted by atomic mass is 10.2. The van der Waals surface area contributed by atoms with Crippen LogP contribution in [0.2, 0.25) is 5.15 Å². The Labute approximate surface area is 195 Å². The van der Waals surface area contributed by atoms with Gasteiger partial charge >= 0.3 is 0 Å². The molecule has 4 heterocycles. The van der Waals surface area contributed by atoms with Crippen molar-refractivity contribution in [3.05, 3.63) is 22.4 Å². The molecule has 3 aromatic heterocycles. The second-order valence-electron chi connectivity index (χ2n) is 8.48. The largest absolute Gasteiger partial charge is 0.367 e. The number of imidazole rings is 1. The first-order valence-corrected chi connectivity index (χ1v) is 12.6. The van der Waals surface area contributed by atoms with Crippen molar-refractivity contribution in [3.8, 4) is 10.8 Å². The van der Waals surface area contributed by atoms with E-state index < -0.39 is 17.4 Å². The molecule has 0 radical (unpaired) electrons. The summed E-state index contributed by atoms with van der Waals surface area (Å²) in [6.07, 6.45) is 0.906. The number of nitrogens with one attached hydrogen (secondary N) is 2. The highest BCUT2D eigenvalue weighted by Crippen LogP contribution is 2.38. The van der Waals surface area contributed by atoms with Gasteiger partial charge in [-0.1, -0.05) is 22.9 Å². The zero-order valence-corrected chi connectivity index (χ0v) is 19.8. The smallest absolute Gasteiger partial charge is 0.291 e. The van der Waals surface area contributed by atoms with Gasteiger partial charge in [-0.3, -0.25) is 4.40 Å². The summed E-state index contributed by atoms with van der Waals surface area (Å²) < 4.78 is 44.2. The molecule has 2 atom stereocenters. The number of hydrogen-bond acceptors (Lipinski definition) is 7. The fourth-order valence-electron chi connectivity index (χ4n) is 3.76. The van der Waals surface area contributed by atoms with Gasteiger partial charge in [0.1, 0.15) is 16.5 Å². The maximum atomic E-state index is 13.2. The Morgan fingerprint density at radius 2 is 2.19 bits per heavy atom. The summed E-state index contributed by atoms with van der Waals surface area (Å²) in [5.74, 6) is 0.301. The van der Waals surface area contributed by atoms with Crippen LogP contribution in [0.4, 0.5) is 14.5 Å². The van der Waals surface area contributed by atoms with Crippen molar-refractivity contribution in [1.82, 2.24) is 29.6 Å². The highest BCUT2D eigenvalue weighted by molar-refractivity contribution is 7.83. The molecule has 1 aliphatic heterocycles. The molecule has 3 aromatic rings. The molecular formula is C19H22ClF2N7OS2. The van der Waals surface area contributed by atoms with Crippen molar-refractivity contribution >= 4 is 45.1 Å². The van der Waals surface area contributed by atoms with Crippen LogP contribution in [0.15, 0.2) is 17.2 Å². The number of pyridine rings is 1. The Morgan fingerprint density at radius 3 is 2.84 bits per heavy atom. The number of anilines is 1. The maximum absolute atomic E-state index is 13.2. The topological polar surface area (TPSA) is 87.5 Å². The van der Waals surface area contributed by atoms with Crippen molar-refractivity contribution in [2.45, 2.75) is 49.6 Å². The van der Waals surface area contributed by atoms with Gasteiger partial charge in [0.05, 0.1) is 10.6 Å². The normalized spacial score (nSPS) is 21.4. The number of nitrogens with zero attached hydrogens (tertiary/aromatic N) is 5. The monoisotopic (exact) mass is 501 g/mol. The van der Waals surface area contributed by atoms with Crippen LogP contribution < -0.4 is 14.9 Å². The van der Waals surface area contributed by atoms with Gasteiger partial charge < -0.3 is 10.2 Å². The third-order valence-electron chi connectivity index (χ3n) is 5.73. The average Bonchev–Trinajstić information content (AvgIpc) is 3.14. The van der Waals surface area contributed by atoms with E-state index in [-0.39, 0.29) is 26.7 Å². The first-order chi connectivity index (χ1) is 15.2. The Hall–Kier alpha value is -1.73. The van der Waals surface area contributed by atoms with E-state index in [0.717, 1.165) is 49.5 Å². The van der Waals surface area contributed by atoms with Gasteiger partial charge in [0.15, 0.2) is 21.0 Å². The van der Waals surface area contributed by atoms with Gasteiger partial charge in [-0.05, 0) is 32.8 Å². The lowest BCUT2D eigenvalue weighted by Gasteiger charge is -2.34. The average molecular weight is 502 g/mol. The number of halogens is 3. The Kier molecular flexibility index (Phi) is 5.69. The zero-order valence-electron chi connectivity index (χ0n) is 17.4. The molecule has 1 saturated carbocycles. The number of rotatable bonds is 6. The molecule has 0 amide bonds. The van der Waals surface area contributed by atoms with E-state index in [2.05, 4.69) is 37.0 Å². The summed E-state index contributed by atoms with van der Waals surface area (Å²) in [7, 11) is -1.46. The second kappa shape index (κ2) is 8.24. The summed E-state index contributed by atoms with van der Waals surface area (Å²) >= 11 is 7.32. The molecule has 5 rings (SSSR count). The highest BCUT2D eigenvalue weighted by atomic mass is 35.5. The molecule has 172 valence electrons. The molecule has 1 aliphatic carbocycles. The Morgan fingerprint density at radius 1 is 1.41 bits per heavy atom. The Balaban J connectivity index is 1.66. The van der Waals surface area contributed by atoms with E-state index in [0.29, 0.717) is 16.2 Å². The summed E-state index contributed by atoms with van der Waals surface area (Å²) in [6.45, 7) is 6.41. The van der Waals surface area contributed by atoms with Crippen LogP contribution in [0.1, 0.15) is 38.1 Å². The van der Waals surface area contributed by atoms with E-state index >= 15 is 0 Å². The first-order valence-electron chi connectivity index (χ1n) is 10.3. The molecule has 2 unspecified atom stereocenters. The highest BCUT2D eigenvalue weighted by Gasteiger charge is 2.39. The van der Waals surface area contributed by atoms with Gasteiger partial charge in [-0.25, -0.2) is 22.7 Å². The molecule has 2 fully saturated rings. The molecule has 2 N–H and O–H groups in total. The summed E-state index contributed by atoms with van der Waals surface area (Å²) in [5.41, 5.74) is 1.29. The molecule has 8 nitrogen and oxygen atoms in total. The third kappa shape index (κ3) is 4.14. The van der Waals surface area contributed by atoms with Crippen LogP contribution in [0.25, 0.3) is 16.3 Å². The molecule has 0 aromatic carbocycles. The van der Waals surface area contributed by atoms with Crippen LogP contribution in [0.5, 0.6) is 0 Å². The minimum Gasteiger partial charge on any atom is -0.367 e. The standard InChI is InChI=1S/C19H22ClF2N7OS2/c1-10-8-28(6-5-23-10)12-7-11(32(30)27-19(2)3-4-19)9-29-13(12)14(20)24-16(29)18-26-25-17(31-18)15(21)22/h7,9-10,15,23,27H,3-6,8H2,1-2H3. The summed E-state index contributed by atoms with van der Waals surface area (Å²) in [5, 5.41) is 11.0. The van der Waals surface area contributed by atoms with Crippen LogP contribution in [0.3, 0.4) is 0 Å². The predicted molar refractivity (Wildman–Crippen MR) is 121 cm³/mol. The van der Waals surface area contributed by atoms with Crippen molar-refractivity contribution in [3.63, 3.8) is 0 Å². The molecule has 32 heavy (non-hydrogen) atoms. The SMILES string of the molecule is CC1CN(c2cc(S(=O)NC3(C)CC3)cn3c(-c4nnc(C(F)F)s4)nc(Cl)c23)CCN1. The summed E-state index contributed by atoms with van der Waals surface area (Å²) in [6, 6.07) is 2.14. The first kappa shape index (κ1) is 22.1. The van der Waals surface area contributed by atoms with Gasteiger partial charge in [0, 0.05) is 37.4 Å². The van der Waals surface area contributed by atoms with Crippen molar-refractivity contribution in [2.24, 2.45) is 0 Å². The molecular weight excluding hydrogens is 480 g/mol. The zero-order chi connectivity index (χ0) is 22.6. The number of piperazine rings is 1. The van der Waals surface area contributed by atoms with Crippen LogP contribution in [-0.2, 0) is 11.0 Å². The fraction of sp³-hybridized carbons (Fsp3) is 0.526. The molecule has 2 aliphatic rings. The van der Waals surface area contributed by atoms with E-state index in [1.54, 1.807) is 10.6 Å². The number of alkyl halides is 2. The predicted octanol–water partition coefficient (Wildman–Crippen LogP) is 3.41. The van der Waals surface area contributed by atoms with Crippen molar-refractivity contribution in [2.75, 3.05) is 24.5 Å². The molecule has 13 heteroatoms. The van der Waals surface area contributed by atoms with Gasteiger partial charge in [-0.2, -0.15) is 0 Å². The van der Waals surface area contributed by atoms with E-state index in [9.17, 15) is 13.0 Å². The second-order valence-corrected chi connectivity index (χ2v) is 11.1. The number of aromatic nitrogens is 4. The minimum atomic E-state index is -2.72. The van der Waals surface area contributed by atoms with Crippen LogP contribution >= 0.6 is 22.9 Å². The van der Waals surface area contributed by atoms with E-state index in [4.69, 9.17) is 11.6 Å². The van der Waals surface area contributed by atoms with Gasteiger partial charge in [0.25, 0.3) is 6.43 Å². The lowest BCUT2D eigenvalue weighted by molar-refractivity contribution is 0.150. The van der Waals surface area contributed by atoms with Crippen molar-refractivity contribution in [1.29, 1.82) is 0 Å². The van der Waals surface area contributed by atoms with Gasteiger partial charge in [0.2, 0.25) is 0 Å². The molecule has 0 spiro atoms. The van der Waals surface area contributed by atoms with E-state index in [1.807, 2.05) is 13.0 Å². The third-order valence-corrected chi connectivity index (χ3v) is 8.25. The number of fused-ring (bicyclic) bond motifs is 1. The maximum Gasteiger partial charge on any atom is 0.291 e. The fourth-order valence-corrected chi connectivity index (χ4v) is 5.90. The van der Waals surface area contributed by atoms with Crippen LogP contribution in [0, 0.1) is 0 Å². The minimum absolute atomic E-state index is 0.135. The molecule has 1 saturated heterocycles. The Bertz CT molecular complexity index is 1200. The molecule has 0 bridgehead atoms. The van der Waals surface area contributed by atoms with Crippen LogP contribution in [-0.4, -0.2) is 55.0 Å². The van der Waals surface area contributed by atoms with Crippen molar-refractivity contribution < 1.29 is 13.0 Å². The van der Waals surface area contributed by atoms with Gasteiger partial charge in [-0.15, -0.1) is 10.2 Å². The quantitative estimate of drug-likeness (QED) is 0.538.